The van der Waals surface area contributed by atoms with Crippen molar-refractivity contribution in [3.8, 4) is 17.2 Å². The van der Waals surface area contributed by atoms with Crippen LogP contribution in [0.5, 0.6) is 17.2 Å². The van der Waals surface area contributed by atoms with Crippen molar-refractivity contribution in [1.29, 1.82) is 0 Å². The molecule has 17 heavy (non-hydrogen) atoms. The van der Waals surface area contributed by atoms with E-state index in [0.717, 1.165) is 0 Å². The Balaban J connectivity index is 2.51. The maximum absolute atomic E-state index is 14.0. The van der Waals surface area contributed by atoms with E-state index in [-0.39, 0.29) is 11.5 Å². The number of halogens is 1. The lowest BCUT2D eigenvalue weighted by molar-refractivity contribution is 0.162. The van der Waals surface area contributed by atoms with E-state index in [0.29, 0.717) is 31.1 Å². The van der Waals surface area contributed by atoms with E-state index in [1.165, 1.54) is 7.11 Å². The Bertz CT molecular complexity index is 446. The lowest BCUT2D eigenvalue weighted by Crippen LogP contribution is -2.17. The van der Waals surface area contributed by atoms with E-state index in [1.807, 2.05) is 0 Å². The lowest BCUT2D eigenvalue weighted by Gasteiger charge is -2.21. The van der Waals surface area contributed by atoms with Crippen LogP contribution in [0, 0.1) is 5.82 Å². The van der Waals surface area contributed by atoms with E-state index in [4.69, 9.17) is 19.9 Å². The predicted octanol–water partition coefficient (Wildman–Crippen LogP) is 1.58. The van der Waals surface area contributed by atoms with Gasteiger partial charge < -0.3 is 19.9 Å². The number of nitrogens with two attached hydrogens (primary N) is 1. The minimum Gasteiger partial charge on any atom is -0.493 e. The molecule has 92 valence electrons. The number of fused-ring (bicyclic) bond motifs is 1. The molecule has 0 fully saturated rings. The first-order chi connectivity index (χ1) is 8.27. The first-order valence-corrected chi connectivity index (χ1v) is 5.30. The van der Waals surface area contributed by atoms with Crippen molar-refractivity contribution in [3.63, 3.8) is 0 Å². The predicted molar refractivity (Wildman–Crippen MR) is 62.0 cm³/mol. The fourth-order valence-corrected chi connectivity index (χ4v) is 1.67. The van der Waals surface area contributed by atoms with E-state index in [1.54, 1.807) is 18.2 Å². The molecule has 1 aromatic rings. The summed E-state index contributed by atoms with van der Waals surface area (Å²) >= 11 is 0. The summed E-state index contributed by atoms with van der Waals surface area (Å²) in [5.41, 5.74) is 5.95. The molecule has 0 aliphatic carbocycles. The van der Waals surface area contributed by atoms with Crippen molar-refractivity contribution in [2.45, 2.75) is 0 Å². The molecule has 0 aromatic heterocycles. The average molecular weight is 239 g/mol. The highest BCUT2D eigenvalue weighted by atomic mass is 19.1. The summed E-state index contributed by atoms with van der Waals surface area (Å²) in [6.07, 6.45) is 3.41. The van der Waals surface area contributed by atoms with Crippen LogP contribution in [0.4, 0.5) is 4.39 Å². The summed E-state index contributed by atoms with van der Waals surface area (Å²) < 4.78 is 29.7. The third-order valence-electron chi connectivity index (χ3n) is 2.40. The molecule has 0 saturated carbocycles. The molecule has 1 aliphatic heterocycles. The fourth-order valence-electron chi connectivity index (χ4n) is 1.67. The Morgan fingerprint density at radius 1 is 1.47 bits per heavy atom. The second-order valence-electron chi connectivity index (χ2n) is 3.48. The molecule has 2 rings (SSSR count). The molecule has 0 atom stereocenters. The summed E-state index contributed by atoms with van der Waals surface area (Å²) in [6.45, 7) is 1.13. The number of hydrogen-bond donors (Lipinski definition) is 1. The Morgan fingerprint density at radius 3 is 2.94 bits per heavy atom. The van der Waals surface area contributed by atoms with Gasteiger partial charge in [-0.05, 0) is 6.07 Å². The normalized spacial score (nSPS) is 14.1. The molecule has 0 bridgehead atoms. The van der Waals surface area contributed by atoms with Gasteiger partial charge in [-0.2, -0.15) is 4.39 Å². The van der Waals surface area contributed by atoms with Crippen LogP contribution >= 0.6 is 0 Å². The zero-order valence-electron chi connectivity index (χ0n) is 9.53. The van der Waals surface area contributed by atoms with E-state index in [9.17, 15) is 4.39 Å². The summed E-state index contributed by atoms with van der Waals surface area (Å²) in [7, 11) is 1.41. The smallest absolute Gasteiger partial charge is 0.211 e. The van der Waals surface area contributed by atoms with Crippen molar-refractivity contribution in [2.24, 2.45) is 5.73 Å². The van der Waals surface area contributed by atoms with Crippen molar-refractivity contribution >= 4 is 6.08 Å². The number of rotatable bonds is 3. The Kier molecular flexibility index (Phi) is 3.49. The van der Waals surface area contributed by atoms with Gasteiger partial charge in [0.2, 0.25) is 11.6 Å². The second kappa shape index (κ2) is 5.05. The van der Waals surface area contributed by atoms with Crippen LogP contribution in [0.1, 0.15) is 5.56 Å². The molecular formula is C12H14FNO3. The molecule has 0 radical (unpaired) electrons. The van der Waals surface area contributed by atoms with Crippen LogP contribution in [0.2, 0.25) is 0 Å². The van der Waals surface area contributed by atoms with E-state index >= 15 is 0 Å². The van der Waals surface area contributed by atoms with Crippen molar-refractivity contribution in [2.75, 3.05) is 26.9 Å². The number of ether oxygens (including phenoxy) is 3. The minimum atomic E-state index is -0.540. The van der Waals surface area contributed by atoms with E-state index < -0.39 is 5.82 Å². The zero-order valence-corrected chi connectivity index (χ0v) is 9.53. The molecule has 5 heteroatoms. The van der Waals surface area contributed by atoms with Crippen LogP contribution < -0.4 is 19.9 Å². The summed E-state index contributed by atoms with van der Waals surface area (Å²) in [5, 5.41) is 0. The van der Waals surface area contributed by atoms with Crippen molar-refractivity contribution < 1.29 is 18.6 Å². The molecule has 0 saturated heterocycles. The highest BCUT2D eigenvalue weighted by Crippen LogP contribution is 2.41. The number of hydrogen-bond acceptors (Lipinski definition) is 4. The van der Waals surface area contributed by atoms with Gasteiger partial charge in [-0.15, -0.1) is 0 Å². The third-order valence-corrected chi connectivity index (χ3v) is 2.40. The molecule has 0 spiro atoms. The van der Waals surface area contributed by atoms with Gasteiger partial charge in [0.1, 0.15) is 13.2 Å². The number of methoxy groups -OCH3 is 1. The topological polar surface area (TPSA) is 53.7 Å². The largest absolute Gasteiger partial charge is 0.493 e. The summed E-state index contributed by atoms with van der Waals surface area (Å²) in [4.78, 5) is 0. The Hall–Kier alpha value is -1.75. The molecule has 0 amide bonds. The Labute approximate surface area is 98.8 Å². The lowest BCUT2D eigenvalue weighted by atomic mass is 10.1. The molecule has 0 unspecified atom stereocenters. The molecular weight excluding hydrogens is 225 g/mol. The van der Waals surface area contributed by atoms with E-state index in [2.05, 4.69) is 0 Å². The van der Waals surface area contributed by atoms with Gasteiger partial charge in [-0.25, -0.2) is 0 Å². The SMILES string of the molecule is COc1c(/C=C/CN)cc2c(c1F)OCCO2. The average Bonchev–Trinajstić information content (AvgIpc) is 2.36. The maximum atomic E-state index is 14.0. The molecule has 1 aromatic carbocycles. The second-order valence-corrected chi connectivity index (χ2v) is 3.48. The molecule has 1 aliphatic rings. The van der Waals surface area contributed by atoms with Crippen LogP contribution in [0.25, 0.3) is 6.08 Å². The maximum Gasteiger partial charge on any atom is 0.211 e. The summed E-state index contributed by atoms with van der Waals surface area (Å²) in [5.74, 6) is 0.101. The first kappa shape index (κ1) is 11.7. The van der Waals surface area contributed by atoms with Gasteiger partial charge in [0, 0.05) is 12.1 Å². The summed E-state index contributed by atoms with van der Waals surface area (Å²) in [6, 6.07) is 1.68. The van der Waals surface area contributed by atoms with Gasteiger partial charge in [0.25, 0.3) is 0 Å². The zero-order chi connectivity index (χ0) is 12.3. The van der Waals surface area contributed by atoms with Crippen LogP contribution in [0.3, 0.4) is 0 Å². The van der Waals surface area contributed by atoms with Gasteiger partial charge >= 0.3 is 0 Å². The van der Waals surface area contributed by atoms with Crippen LogP contribution in [-0.4, -0.2) is 26.9 Å². The van der Waals surface area contributed by atoms with Crippen molar-refractivity contribution in [3.05, 3.63) is 23.5 Å². The van der Waals surface area contributed by atoms with Gasteiger partial charge in [-0.3, -0.25) is 0 Å². The molecule has 1 heterocycles. The number of benzene rings is 1. The fraction of sp³-hybridized carbons (Fsp3) is 0.333. The van der Waals surface area contributed by atoms with Crippen LogP contribution in [-0.2, 0) is 0 Å². The van der Waals surface area contributed by atoms with Gasteiger partial charge in [-0.1, -0.05) is 12.2 Å². The molecule has 4 nitrogen and oxygen atoms in total. The Morgan fingerprint density at radius 2 is 2.24 bits per heavy atom. The van der Waals surface area contributed by atoms with Crippen LogP contribution in [0.15, 0.2) is 12.1 Å². The monoisotopic (exact) mass is 239 g/mol. The highest BCUT2D eigenvalue weighted by molar-refractivity contribution is 5.64. The first-order valence-electron chi connectivity index (χ1n) is 5.30. The van der Waals surface area contributed by atoms with Crippen molar-refractivity contribution in [1.82, 2.24) is 0 Å². The molecule has 2 N–H and O–H groups in total. The van der Waals surface area contributed by atoms with Gasteiger partial charge in [0.05, 0.1) is 7.11 Å². The quantitative estimate of drug-likeness (QED) is 0.870. The van der Waals surface area contributed by atoms with Gasteiger partial charge in [0.15, 0.2) is 11.5 Å². The third kappa shape index (κ3) is 2.19. The highest BCUT2D eigenvalue weighted by Gasteiger charge is 2.22. The minimum absolute atomic E-state index is 0.109. The standard InChI is InChI=1S/C12H14FNO3/c1-15-11-8(3-2-4-14)7-9-12(10(11)13)17-6-5-16-9/h2-3,7H,4-6,14H2,1H3/b3-2+.